The molecule has 0 spiro atoms. The maximum Gasteiger partial charge on any atom is 0.415 e. The number of hydrogen-bond acceptors (Lipinski definition) is 2. The molecule has 0 bridgehead atoms. The van der Waals surface area contributed by atoms with Crippen LogP contribution >= 0.6 is 0 Å². The van der Waals surface area contributed by atoms with Gasteiger partial charge >= 0.3 is 6.18 Å². The second-order valence-electron chi connectivity index (χ2n) is 12.0. The zero-order chi connectivity index (χ0) is 26.1. The zero-order valence-corrected chi connectivity index (χ0v) is 21.3. The number of nitrogens with one attached hydrogen (secondary N) is 2. The number of amides is 2. The summed E-state index contributed by atoms with van der Waals surface area (Å²) in [6.07, 6.45) is 5.04. The SMILES string of the molecule is Cc1ccc(C(C)(NC(=O)[C@H]2CCC3C4CC=C5NC(=O)C=C[C@]5(C)C4CC[C@@]32C)C(F)(F)F)cc1. The van der Waals surface area contributed by atoms with Gasteiger partial charge in [-0.05, 0) is 74.7 Å². The van der Waals surface area contributed by atoms with Crippen LogP contribution in [0.4, 0.5) is 13.2 Å². The molecule has 5 rings (SSSR count). The number of aryl methyl sites for hydroxylation is 1. The van der Waals surface area contributed by atoms with Crippen LogP contribution in [-0.4, -0.2) is 18.0 Å². The van der Waals surface area contributed by atoms with Gasteiger partial charge in [-0.25, -0.2) is 0 Å². The van der Waals surface area contributed by atoms with Crippen molar-refractivity contribution in [2.45, 2.75) is 71.5 Å². The summed E-state index contributed by atoms with van der Waals surface area (Å²) < 4.78 is 43.1. The summed E-state index contributed by atoms with van der Waals surface area (Å²) in [7, 11) is 0. The van der Waals surface area contributed by atoms with E-state index in [1.165, 1.54) is 12.1 Å². The maximum atomic E-state index is 14.4. The summed E-state index contributed by atoms with van der Waals surface area (Å²) in [5.74, 6) is -0.138. The van der Waals surface area contributed by atoms with Gasteiger partial charge in [0.2, 0.25) is 11.8 Å². The van der Waals surface area contributed by atoms with Crippen molar-refractivity contribution < 1.29 is 22.8 Å². The summed E-state index contributed by atoms with van der Waals surface area (Å²) in [5, 5.41) is 5.48. The van der Waals surface area contributed by atoms with E-state index in [2.05, 4.69) is 30.6 Å². The molecule has 2 fully saturated rings. The predicted molar refractivity (Wildman–Crippen MR) is 131 cm³/mol. The molecule has 194 valence electrons. The van der Waals surface area contributed by atoms with Crippen LogP contribution in [0.1, 0.15) is 64.0 Å². The lowest BCUT2D eigenvalue weighted by atomic mass is 9.50. The molecule has 2 saturated carbocycles. The van der Waals surface area contributed by atoms with Gasteiger partial charge in [-0.15, -0.1) is 0 Å². The molecule has 3 aliphatic carbocycles. The second kappa shape index (κ2) is 8.22. The Morgan fingerprint density at radius 1 is 1.08 bits per heavy atom. The van der Waals surface area contributed by atoms with Crippen LogP contribution in [0, 0.1) is 41.4 Å². The van der Waals surface area contributed by atoms with Gasteiger partial charge in [0.15, 0.2) is 5.54 Å². The van der Waals surface area contributed by atoms with Crippen molar-refractivity contribution in [3.63, 3.8) is 0 Å². The molecule has 7 atom stereocenters. The smallest absolute Gasteiger partial charge is 0.338 e. The Hall–Kier alpha value is -2.57. The van der Waals surface area contributed by atoms with Gasteiger partial charge in [0.1, 0.15) is 0 Å². The Labute approximate surface area is 210 Å². The third kappa shape index (κ3) is 3.64. The Balaban J connectivity index is 1.40. The van der Waals surface area contributed by atoms with Gasteiger partial charge in [0.05, 0.1) is 0 Å². The van der Waals surface area contributed by atoms with Crippen LogP contribution in [0.25, 0.3) is 0 Å². The first-order valence-corrected chi connectivity index (χ1v) is 13.0. The van der Waals surface area contributed by atoms with Crippen molar-refractivity contribution in [2.75, 3.05) is 0 Å². The Bertz CT molecular complexity index is 1140. The minimum Gasteiger partial charge on any atom is -0.338 e. The van der Waals surface area contributed by atoms with Crippen molar-refractivity contribution in [3.8, 4) is 0 Å². The molecular formula is C29H35F3N2O2. The Morgan fingerprint density at radius 3 is 2.44 bits per heavy atom. The highest BCUT2D eigenvalue weighted by Crippen LogP contribution is 2.64. The Kier molecular flexibility index (Phi) is 5.73. The van der Waals surface area contributed by atoms with Gasteiger partial charge in [0, 0.05) is 23.1 Å². The van der Waals surface area contributed by atoms with Gasteiger partial charge in [-0.1, -0.05) is 55.8 Å². The van der Waals surface area contributed by atoms with Crippen molar-refractivity contribution in [2.24, 2.45) is 34.5 Å². The topological polar surface area (TPSA) is 58.2 Å². The number of hydrogen-bond donors (Lipinski definition) is 2. The number of fused-ring (bicyclic) bond motifs is 5. The summed E-state index contributed by atoms with van der Waals surface area (Å²) in [4.78, 5) is 25.5. The van der Waals surface area contributed by atoms with Crippen molar-refractivity contribution in [1.82, 2.24) is 10.6 Å². The first kappa shape index (κ1) is 25.1. The molecule has 1 aromatic rings. The lowest BCUT2D eigenvalue weighted by molar-refractivity contribution is -0.199. The number of alkyl halides is 3. The number of rotatable bonds is 3. The molecule has 2 N–H and O–H groups in total. The van der Waals surface area contributed by atoms with E-state index in [9.17, 15) is 22.8 Å². The van der Waals surface area contributed by atoms with Crippen LogP contribution in [-0.2, 0) is 15.1 Å². The average Bonchev–Trinajstić information content (AvgIpc) is 3.16. The standard InChI is InChI=1S/C29H35F3N2O2/c1-17-5-7-18(8-6-17)28(4,29(30,31)32)34-25(36)22-11-10-20-19-9-12-23-27(3,16-14-24(35)33-23)21(19)13-15-26(20,22)2/h5-8,12,14,16,19-22H,9-11,13,15H2,1-4H3,(H,33,35)(H,34,36)/t19?,20?,21?,22-,26+,27-,28?/m1/s1. The average molecular weight is 501 g/mol. The number of halogens is 3. The molecule has 4 nitrogen and oxygen atoms in total. The van der Waals surface area contributed by atoms with Crippen LogP contribution in [0.2, 0.25) is 0 Å². The summed E-state index contributed by atoms with van der Waals surface area (Å²) in [5.41, 5.74) is -1.19. The van der Waals surface area contributed by atoms with Gasteiger partial charge in [0.25, 0.3) is 0 Å². The van der Waals surface area contributed by atoms with E-state index in [0.717, 1.165) is 43.9 Å². The third-order valence-corrected chi connectivity index (χ3v) is 10.1. The molecule has 0 saturated heterocycles. The highest BCUT2D eigenvalue weighted by Gasteiger charge is 2.61. The van der Waals surface area contributed by atoms with Gasteiger partial charge in [-0.3, -0.25) is 9.59 Å². The van der Waals surface area contributed by atoms with E-state index in [0.29, 0.717) is 18.3 Å². The fraction of sp³-hybridized carbons (Fsp3) is 0.586. The van der Waals surface area contributed by atoms with E-state index in [1.807, 2.05) is 13.0 Å². The summed E-state index contributed by atoms with van der Waals surface area (Å²) in [6.45, 7) is 7.18. The molecular weight excluding hydrogens is 465 g/mol. The normalized spacial score (nSPS) is 37.1. The monoisotopic (exact) mass is 500 g/mol. The van der Waals surface area contributed by atoms with E-state index < -0.39 is 23.5 Å². The van der Waals surface area contributed by atoms with Crippen LogP contribution in [0.5, 0.6) is 0 Å². The van der Waals surface area contributed by atoms with Crippen molar-refractivity contribution >= 4 is 11.8 Å². The van der Waals surface area contributed by atoms with E-state index in [4.69, 9.17) is 0 Å². The van der Waals surface area contributed by atoms with E-state index in [-0.39, 0.29) is 28.2 Å². The molecule has 4 unspecified atom stereocenters. The fourth-order valence-corrected chi connectivity index (χ4v) is 7.81. The molecule has 36 heavy (non-hydrogen) atoms. The number of carbonyl (C=O) groups is 2. The van der Waals surface area contributed by atoms with Crippen molar-refractivity contribution in [3.05, 3.63) is 59.3 Å². The van der Waals surface area contributed by atoms with Crippen molar-refractivity contribution in [1.29, 1.82) is 0 Å². The molecule has 7 heteroatoms. The second-order valence-corrected chi connectivity index (χ2v) is 12.0. The minimum atomic E-state index is -4.63. The third-order valence-electron chi connectivity index (χ3n) is 10.1. The largest absolute Gasteiger partial charge is 0.415 e. The number of allylic oxidation sites excluding steroid dienone is 2. The maximum absolute atomic E-state index is 14.4. The number of benzene rings is 1. The first-order valence-electron chi connectivity index (χ1n) is 13.0. The summed E-state index contributed by atoms with van der Waals surface area (Å²) in [6, 6.07) is 6.20. The van der Waals surface area contributed by atoms with Crippen LogP contribution in [0.3, 0.4) is 0 Å². The van der Waals surface area contributed by atoms with Crippen LogP contribution in [0.15, 0.2) is 48.2 Å². The quantitative estimate of drug-likeness (QED) is 0.541. The summed E-state index contributed by atoms with van der Waals surface area (Å²) >= 11 is 0. The highest BCUT2D eigenvalue weighted by molar-refractivity contribution is 5.90. The lowest BCUT2D eigenvalue weighted by Gasteiger charge is -2.56. The van der Waals surface area contributed by atoms with E-state index in [1.54, 1.807) is 18.2 Å². The number of carbonyl (C=O) groups excluding carboxylic acids is 2. The van der Waals surface area contributed by atoms with Crippen LogP contribution < -0.4 is 10.6 Å². The molecule has 2 amide bonds. The first-order chi connectivity index (χ1) is 16.8. The highest BCUT2D eigenvalue weighted by atomic mass is 19.4. The molecule has 0 radical (unpaired) electrons. The predicted octanol–water partition coefficient (Wildman–Crippen LogP) is 5.93. The zero-order valence-electron chi connectivity index (χ0n) is 21.3. The van der Waals surface area contributed by atoms with Gasteiger partial charge < -0.3 is 10.6 Å². The Morgan fingerprint density at radius 2 is 1.78 bits per heavy atom. The molecule has 1 heterocycles. The minimum absolute atomic E-state index is 0.0429. The lowest BCUT2D eigenvalue weighted by Crippen LogP contribution is -2.57. The molecule has 1 aromatic carbocycles. The molecule has 0 aromatic heterocycles. The molecule has 4 aliphatic rings. The molecule has 1 aliphatic heterocycles. The van der Waals surface area contributed by atoms with E-state index >= 15 is 0 Å². The van der Waals surface area contributed by atoms with Gasteiger partial charge in [-0.2, -0.15) is 13.2 Å². The fourth-order valence-electron chi connectivity index (χ4n) is 7.81.